The molecule has 198 valence electrons. The molecule has 8 nitrogen and oxygen atoms in total. The summed E-state index contributed by atoms with van der Waals surface area (Å²) in [6.45, 7) is 13.2. The van der Waals surface area contributed by atoms with Crippen molar-refractivity contribution in [2.45, 2.75) is 33.4 Å². The molecule has 1 aromatic rings. The number of aryl methyl sites for hydroxylation is 1. The third kappa shape index (κ3) is 14.9. The maximum Gasteiger partial charge on any atom is 0.194 e. The maximum absolute atomic E-state index is 10.1. The number of benzene rings is 1. The third-order valence-electron chi connectivity index (χ3n) is 5.81. The van der Waals surface area contributed by atoms with Crippen LogP contribution in [0.2, 0.25) is 0 Å². The molecule has 35 heavy (non-hydrogen) atoms. The summed E-state index contributed by atoms with van der Waals surface area (Å²) in [5.74, 6) is 1.40. The standard InChI is InChI=1S/C11H22N4OS.C8H16N2O.C7H8/c1-8-6-17-7-14-11(13-5-4-12-3)15-10(16)9(8)2;1-9-4-6-10(7-5-9)3-2-8-11;1-7-5-3-2-4-6-7/h6,9-10,12,16H,4-5,7H2,1-3H3,(H2,13,14,15);8H,2-7H2,1H3;2-6H,1H3/b8-6-;;. The summed E-state index contributed by atoms with van der Waals surface area (Å²) in [5, 5.41) is 21.3. The van der Waals surface area contributed by atoms with E-state index in [1.807, 2.05) is 39.1 Å². The lowest BCUT2D eigenvalue weighted by molar-refractivity contribution is -0.108. The Morgan fingerprint density at radius 1 is 1.17 bits per heavy atom. The van der Waals surface area contributed by atoms with E-state index in [9.17, 15) is 9.90 Å². The SMILES string of the molecule is CN1CCN(CCC=O)CC1.CNCCN/C1=N/CS/C=C(/C)C(C)C(O)N1.Cc1ccccc1. The number of rotatable bonds is 6. The van der Waals surface area contributed by atoms with Crippen molar-refractivity contribution in [2.75, 3.05) is 65.8 Å². The van der Waals surface area contributed by atoms with Crippen molar-refractivity contribution in [3.05, 3.63) is 46.9 Å². The lowest BCUT2D eigenvalue weighted by Gasteiger charge is -2.31. The second-order valence-electron chi connectivity index (χ2n) is 8.83. The Bertz CT molecular complexity index is 739. The molecule has 0 radical (unpaired) electrons. The Morgan fingerprint density at radius 2 is 1.86 bits per heavy atom. The number of hydrogen-bond donors (Lipinski definition) is 4. The van der Waals surface area contributed by atoms with Gasteiger partial charge in [-0.05, 0) is 33.4 Å². The molecule has 0 saturated carbocycles. The molecule has 2 aliphatic heterocycles. The van der Waals surface area contributed by atoms with Crippen molar-refractivity contribution in [3.63, 3.8) is 0 Å². The van der Waals surface area contributed by atoms with Crippen LogP contribution in [0.1, 0.15) is 25.8 Å². The van der Waals surface area contributed by atoms with Gasteiger partial charge in [-0.3, -0.25) is 0 Å². The maximum atomic E-state index is 10.1. The molecule has 1 fully saturated rings. The second-order valence-corrected chi connectivity index (χ2v) is 9.65. The zero-order valence-corrected chi connectivity index (χ0v) is 23.0. The van der Waals surface area contributed by atoms with E-state index in [-0.39, 0.29) is 5.92 Å². The predicted molar refractivity (Wildman–Crippen MR) is 150 cm³/mol. The minimum atomic E-state index is -0.606. The van der Waals surface area contributed by atoms with Gasteiger partial charge >= 0.3 is 0 Å². The van der Waals surface area contributed by atoms with Crippen molar-refractivity contribution in [1.29, 1.82) is 0 Å². The molecule has 2 aliphatic rings. The zero-order chi connectivity index (χ0) is 25.9. The van der Waals surface area contributed by atoms with Crippen molar-refractivity contribution in [1.82, 2.24) is 25.8 Å². The summed E-state index contributed by atoms with van der Waals surface area (Å²) in [6, 6.07) is 10.3. The van der Waals surface area contributed by atoms with E-state index in [1.54, 1.807) is 11.8 Å². The summed E-state index contributed by atoms with van der Waals surface area (Å²) < 4.78 is 0. The van der Waals surface area contributed by atoms with Crippen molar-refractivity contribution >= 4 is 24.0 Å². The molecular weight excluding hydrogens is 460 g/mol. The monoisotopic (exact) mass is 506 g/mol. The molecule has 0 aliphatic carbocycles. The summed E-state index contributed by atoms with van der Waals surface area (Å²) >= 11 is 1.64. The third-order valence-corrected chi connectivity index (χ3v) is 6.63. The molecule has 0 aromatic heterocycles. The molecule has 2 heterocycles. The summed E-state index contributed by atoms with van der Waals surface area (Å²) in [6.07, 6.45) is 1.08. The Hall–Kier alpha value is -1.91. The smallest absolute Gasteiger partial charge is 0.194 e. The number of nitrogens with one attached hydrogen (secondary N) is 3. The number of carbonyl (C=O) groups is 1. The summed E-state index contributed by atoms with van der Waals surface area (Å²) in [5.41, 5.74) is 2.49. The molecule has 4 N–H and O–H groups in total. The first-order valence-electron chi connectivity index (χ1n) is 12.4. The van der Waals surface area contributed by atoms with E-state index in [1.165, 1.54) is 11.1 Å². The van der Waals surface area contributed by atoms with Crippen LogP contribution in [0.3, 0.4) is 0 Å². The Kier molecular flexibility index (Phi) is 17.2. The summed E-state index contributed by atoms with van der Waals surface area (Å²) in [7, 11) is 4.04. The number of thioether (sulfide) groups is 1. The van der Waals surface area contributed by atoms with Crippen LogP contribution in [0.4, 0.5) is 0 Å². The minimum Gasteiger partial charge on any atom is -0.373 e. The number of aliphatic hydroxyl groups is 1. The number of hydrogen-bond acceptors (Lipinski definition) is 9. The topological polar surface area (TPSA) is 92.2 Å². The molecule has 1 saturated heterocycles. The lowest BCUT2D eigenvalue weighted by atomic mass is 10.0. The largest absolute Gasteiger partial charge is 0.373 e. The fourth-order valence-corrected chi connectivity index (χ4v) is 3.95. The molecule has 0 amide bonds. The average Bonchev–Trinajstić information content (AvgIpc) is 2.91. The van der Waals surface area contributed by atoms with Gasteiger partial charge in [0, 0.05) is 58.2 Å². The highest BCUT2D eigenvalue weighted by Gasteiger charge is 2.18. The Balaban J connectivity index is 0.000000289. The van der Waals surface area contributed by atoms with Crippen LogP contribution in [0.25, 0.3) is 0 Å². The second kappa shape index (κ2) is 19.3. The van der Waals surface area contributed by atoms with Gasteiger partial charge in [-0.2, -0.15) is 0 Å². The summed E-state index contributed by atoms with van der Waals surface area (Å²) in [4.78, 5) is 19.1. The van der Waals surface area contributed by atoms with Crippen LogP contribution >= 0.6 is 11.8 Å². The number of aldehydes is 1. The average molecular weight is 507 g/mol. The Morgan fingerprint density at radius 3 is 2.43 bits per heavy atom. The van der Waals surface area contributed by atoms with Gasteiger partial charge in [-0.1, -0.05) is 48.4 Å². The van der Waals surface area contributed by atoms with Gasteiger partial charge in [0.1, 0.15) is 12.5 Å². The van der Waals surface area contributed by atoms with E-state index in [4.69, 9.17) is 0 Å². The molecule has 3 rings (SSSR count). The quantitative estimate of drug-likeness (QED) is 0.345. The number of piperazine rings is 1. The van der Waals surface area contributed by atoms with Crippen molar-refractivity contribution < 1.29 is 9.90 Å². The van der Waals surface area contributed by atoms with Crippen LogP contribution in [0.15, 0.2) is 46.3 Å². The first kappa shape index (κ1) is 31.1. The Labute approximate surface area is 216 Å². The predicted octanol–water partition coefficient (Wildman–Crippen LogP) is 2.12. The molecule has 2 unspecified atom stereocenters. The molecule has 0 spiro atoms. The van der Waals surface area contributed by atoms with Crippen molar-refractivity contribution in [2.24, 2.45) is 10.9 Å². The van der Waals surface area contributed by atoms with Crippen LogP contribution in [0.5, 0.6) is 0 Å². The van der Waals surface area contributed by atoms with E-state index in [2.05, 4.69) is 62.3 Å². The van der Waals surface area contributed by atoms with Crippen LogP contribution < -0.4 is 16.0 Å². The number of nitrogens with zero attached hydrogens (tertiary/aromatic N) is 3. The molecule has 9 heteroatoms. The number of likely N-dealkylation sites (N-methyl/N-ethyl adjacent to an activating group) is 2. The normalized spacial score (nSPS) is 24.2. The van der Waals surface area contributed by atoms with E-state index in [0.29, 0.717) is 18.3 Å². The first-order chi connectivity index (χ1) is 16.9. The first-order valence-corrected chi connectivity index (χ1v) is 13.4. The zero-order valence-electron chi connectivity index (χ0n) is 22.2. The van der Waals surface area contributed by atoms with E-state index < -0.39 is 6.23 Å². The minimum absolute atomic E-state index is 0.0805. The number of carbonyl (C=O) groups excluding carboxylic acids is 1. The fraction of sp³-hybridized carbons (Fsp3) is 0.615. The highest BCUT2D eigenvalue weighted by Crippen LogP contribution is 2.18. The van der Waals surface area contributed by atoms with Gasteiger partial charge in [0.25, 0.3) is 0 Å². The molecule has 0 bridgehead atoms. The van der Waals surface area contributed by atoms with Gasteiger partial charge in [0.15, 0.2) is 5.96 Å². The number of aliphatic hydroxyl groups excluding tert-OH is 1. The van der Waals surface area contributed by atoms with Gasteiger partial charge in [-0.25, -0.2) is 4.99 Å². The van der Waals surface area contributed by atoms with E-state index >= 15 is 0 Å². The highest BCUT2D eigenvalue weighted by atomic mass is 32.2. The molecule has 1 aromatic carbocycles. The fourth-order valence-electron chi connectivity index (χ4n) is 3.19. The van der Waals surface area contributed by atoms with Crippen molar-refractivity contribution in [3.8, 4) is 0 Å². The van der Waals surface area contributed by atoms with E-state index in [0.717, 1.165) is 52.1 Å². The lowest BCUT2D eigenvalue weighted by Crippen LogP contribution is -2.47. The van der Waals surface area contributed by atoms with Gasteiger partial charge < -0.3 is 35.7 Å². The molecular formula is C26H46N6O2S. The number of aliphatic imine (C=N–C) groups is 1. The highest BCUT2D eigenvalue weighted by molar-refractivity contribution is 8.02. The van der Waals surface area contributed by atoms with Gasteiger partial charge in [0.05, 0.1) is 5.88 Å². The van der Waals surface area contributed by atoms with Crippen LogP contribution in [0, 0.1) is 12.8 Å². The van der Waals surface area contributed by atoms with Crippen LogP contribution in [-0.4, -0.2) is 99.2 Å². The number of guanidine groups is 1. The molecule has 2 atom stereocenters. The van der Waals surface area contributed by atoms with Gasteiger partial charge in [-0.15, -0.1) is 11.8 Å². The van der Waals surface area contributed by atoms with Gasteiger partial charge in [0.2, 0.25) is 0 Å². The van der Waals surface area contributed by atoms with Crippen LogP contribution in [-0.2, 0) is 4.79 Å².